The lowest BCUT2D eigenvalue weighted by molar-refractivity contribution is 0.0949. The Bertz CT molecular complexity index is 614. The van der Waals surface area contributed by atoms with Crippen LogP contribution in [0.3, 0.4) is 0 Å². The predicted molar refractivity (Wildman–Crippen MR) is 81.1 cm³/mol. The van der Waals surface area contributed by atoms with Crippen molar-refractivity contribution in [2.75, 3.05) is 12.3 Å². The Labute approximate surface area is 126 Å². The van der Waals surface area contributed by atoms with Crippen LogP contribution >= 0.6 is 23.2 Å². The molecule has 0 saturated carbocycles. The van der Waals surface area contributed by atoms with E-state index in [0.717, 1.165) is 5.56 Å². The molecule has 1 heterocycles. The average molecular weight is 310 g/mol. The summed E-state index contributed by atoms with van der Waals surface area (Å²) in [6, 6.07) is 10.6. The molecule has 1 aromatic carbocycles. The number of halogens is 2. The number of amides is 1. The Hall–Kier alpha value is -1.78. The van der Waals surface area contributed by atoms with Gasteiger partial charge in [-0.25, -0.2) is 4.98 Å². The first-order valence-electron chi connectivity index (χ1n) is 6.01. The van der Waals surface area contributed by atoms with Crippen LogP contribution in [0, 0.1) is 0 Å². The van der Waals surface area contributed by atoms with Crippen LogP contribution in [0.4, 0.5) is 5.82 Å². The topological polar surface area (TPSA) is 68.0 Å². The first kappa shape index (κ1) is 14.6. The molecule has 0 spiro atoms. The molecule has 3 N–H and O–H groups in total. The van der Waals surface area contributed by atoms with Crippen LogP contribution in [0.2, 0.25) is 10.0 Å². The van der Waals surface area contributed by atoms with Gasteiger partial charge in [0.25, 0.3) is 5.91 Å². The lowest BCUT2D eigenvalue weighted by Gasteiger charge is -2.07. The summed E-state index contributed by atoms with van der Waals surface area (Å²) < 4.78 is 0. The number of carbonyl (C=O) groups is 1. The van der Waals surface area contributed by atoms with Gasteiger partial charge in [0.2, 0.25) is 0 Å². The largest absolute Gasteiger partial charge is 0.384 e. The molecule has 0 aliphatic heterocycles. The van der Waals surface area contributed by atoms with Crippen molar-refractivity contribution >= 4 is 34.9 Å². The molecule has 0 radical (unpaired) electrons. The molecule has 0 aliphatic carbocycles. The number of nitrogens with two attached hydrogens (primary N) is 1. The lowest BCUT2D eigenvalue weighted by atomic mass is 10.1. The van der Waals surface area contributed by atoms with E-state index in [1.807, 2.05) is 24.3 Å². The van der Waals surface area contributed by atoms with Gasteiger partial charge in [-0.1, -0.05) is 35.3 Å². The lowest BCUT2D eigenvalue weighted by Crippen LogP contribution is -2.27. The summed E-state index contributed by atoms with van der Waals surface area (Å²) in [5, 5.41) is 3.72. The van der Waals surface area contributed by atoms with Crippen LogP contribution in [0.1, 0.15) is 16.1 Å². The summed E-state index contributed by atoms with van der Waals surface area (Å²) in [5.74, 6) is -0.0754. The number of nitrogens with zero attached hydrogens (tertiary/aromatic N) is 1. The number of hydrogen-bond donors (Lipinski definition) is 2. The van der Waals surface area contributed by atoms with E-state index in [2.05, 4.69) is 10.3 Å². The van der Waals surface area contributed by atoms with Crippen molar-refractivity contribution in [1.29, 1.82) is 0 Å². The van der Waals surface area contributed by atoms with Gasteiger partial charge in [0.05, 0.1) is 5.02 Å². The van der Waals surface area contributed by atoms with E-state index in [-0.39, 0.29) is 22.4 Å². The third kappa shape index (κ3) is 3.85. The number of nitrogens with one attached hydrogen (secondary N) is 1. The Morgan fingerprint density at radius 1 is 1.15 bits per heavy atom. The molecule has 0 atom stereocenters. The van der Waals surface area contributed by atoms with Crippen LogP contribution in [-0.4, -0.2) is 17.4 Å². The minimum Gasteiger partial charge on any atom is -0.384 e. The molecular weight excluding hydrogens is 297 g/mol. The number of anilines is 1. The zero-order valence-electron chi connectivity index (χ0n) is 10.6. The second-order valence-corrected chi connectivity index (χ2v) is 5.04. The van der Waals surface area contributed by atoms with E-state index >= 15 is 0 Å². The molecule has 4 nitrogen and oxygen atoms in total. The fraction of sp³-hybridized carbons (Fsp3) is 0.143. The Kier molecular flexibility index (Phi) is 4.82. The minimum atomic E-state index is -0.337. The van der Waals surface area contributed by atoms with Gasteiger partial charge in [-0.3, -0.25) is 4.79 Å². The van der Waals surface area contributed by atoms with E-state index in [1.54, 1.807) is 12.1 Å². The molecule has 0 bridgehead atoms. The normalized spacial score (nSPS) is 10.3. The molecular formula is C14H13Cl2N3O. The van der Waals surface area contributed by atoms with Gasteiger partial charge in [-0.05, 0) is 36.2 Å². The molecule has 2 aromatic rings. The third-order valence-electron chi connectivity index (χ3n) is 2.70. The number of nitrogen functional groups attached to an aromatic ring is 1. The fourth-order valence-electron chi connectivity index (χ4n) is 1.67. The van der Waals surface area contributed by atoms with Gasteiger partial charge >= 0.3 is 0 Å². The molecule has 0 unspecified atom stereocenters. The highest BCUT2D eigenvalue weighted by Crippen LogP contribution is 2.15. The maximum absolute atomic E-state index is 11.9. The van der Waals surface area contributed by atoms with E-state index in [9.17, 15) is 4.79 Å². The Balaban J connectivity index is 1.92. The van der Waals surface area contributed by atoms with Crippen molar-refractivity contribution < 1.29 is 4.79 Å². The van der Waals surface area contributed by atoms with Crippen LogP contribution in [0.25, 0.3) is 0 Å². The summed E-state index contributed by atoms with van der Waals surface area (Å²) in [5.41, 5.74) is 6.76. The van der Waals surface area contributed by atoms with Crippen molar-refractivity contribution in [3.63, 3.8) is 0 Å². The van der Waals surface area contributed by atoms with Crippen LogP contribution < -0.4 is 11.1 Å². The maximum atomic E-state index is 11.9. The van der Waals surface area contributed by atoms with Gasteiger partial charge < -0.3 is 11.1 Å². The maximum Gasteiger partial charge on any atom is 0.271 e. The van der Waals surface area contributed by atoms with Crippen LogP contribution in [0.15, 0.2) is 36.4 Å². The van der Waals surface area contributed by atoms with Crippen molar-refractivity contribution in [3.8, 4) is 0 Å². The SMILES string of the molecule is Nc1ccc(Cl)c(C(=O)NCCc2ccc(Cl)cc2)n1. The Morgan fingerprint density at radius 3 is 2.55 bits per heavy atom. The molecule has 0 fully saturated rings. The number of benzene rings is 1. The third-order valence-corrected chi connectivity index (χ3v) is 3.25. The minimum absolute atomic E-state index is 0.141. The predicted octanol–water partition coefficient (Wildman–Crippen LogP) is 2.94. The summed E-state index contributed by atoms with van der Waals surface area (Å²) in [7, 11) is 0. The fourth-order valence-corrected chi connectivity index (χ4v) is 1.99. The molecule has 0 aliphatic rings. The van der Waals surface area contributed by atoms with E-state index < -0.39 is 0 Å². The molecule has 0 saturated heterocycles. The second-order valence-electron chi connectivity index (χ2n) is 4.20. The summed E-state index contributed by atoms with van der Waals surface area (Å²) >= 11 is 11.7. The zero-order chi connectivity index (χ0) is 14.5. The standard InChI is InChI=1S/C14H13Cl2N3O/c15-10-3-1-9(2-4-10)7-8-18-14(20)13-11(16)5-6-12(17)19-13/h1-6H,7-8H2,(H2,17,19)(H,18,20). The monoisotopic (exact) mass is 309 g/mol. The summed E-state index contributed by atoms with van der Waals surface area (Å²) in [4.78, 5) is 15.9. The van der Waals surface area contributed by atoms with Crippen molar-refractivity contribution in [2.24, 2.45) is 0 Å². The first-order valence-corrected chi connectivity index (χ1v) is 6.76. The van der Waals surface area contributed by atoms with Gasteiger partial charge in [-0.15, -0.1) is 0 Å². The number of pyridine rings is 1. The number of carbonyl (C=O) groups excluding carboxylic acids is 1. The smallest absolute Gasteiger partial charge is 0.271 e. The Morgan fingerprint density at radius 2 is 1.85 bits per heavy atom. The second kappa shape index (κ2) is 6.59. The summed E-state index contributed by atoms with van der Waals surface area (Å²) in [6.45, 7) is 0.479. The average Bonchev–Trinajstić information content (AvgIpc) is 2.43. The molecule has 104 valence electrons. The molecule has 20 heavy (non-hydrogen) atoms. The number of hydrogen-bond acceptors (Lipinski definition) is 3. The van der Waals surface area contributed by atoms with Crippen molar-refractivity contribution in [3.05, 3.63) is 57.7 Å². The van der Waals surface area contributed by atoms with Crippen LogP contribution in [-0.2, 0) is 6.42 Å². The van der Waals surface area contributed by atoms with Gasteiger partial charge in [0.1, 0.15) is 11.5 Å². The number of rotatable bonds is 4. The van der Waals surface area contributed by atoms with Crippen molar-refractivity contribution in [2.45, 2.75) is 6.42 Å². The molecule has 1 amide bonds. The summed E-state index contributed by atoms with van der Waals surface area (Å²) in [6.07, 6.45) is 0.697. The first-order chi connectivity index (χ1) is 9.56. The highest BCUT2D eigenvalue weighted by molar-refractivity contribution is 6.33. The van der Waals surface area contributed by atoms with E-state index in [0.29, 0.717) is 18.0 Å². The molecule has 6 heteroatoms. The van der Waals surface area contributed by atoms with E-state index in [1.165, 1.54) is 0 Å². The quantitative estimate of drug-likeness (QED) is 0.912. The zero-order valence-corrected chi connectivity index (χ0v) is 12.1. The highest BCUT2D eigenvalue weighted by atomic mass is 35.5. The highest BCUT2D eigenvalue weighted by Gasteiger charge is 2.11. The van der Waals surface area contributed by atoms with Gasteiger partial charge in [0.15, 0.2) is 0 Å². The number of aromatic nitrogens is 1. The van der Waals surface area contributed by atoms with Gasteiger partial charge in [0, 0.05) is 11.6 Å². The van der Waals surface area contributed by atoms with E-state index in [4.69, 9.17) is 28.9 Å². The molecule has 2 rings (SSSR count). The van der Waals surface area contributed by atoms with Gasteiger partial charge in [-0.2, -0.15) is 0 Å². The van der Waals surface area contributed by atoms with Crippen LogP contribution in [0.5, 0.6) is 0 Å². The van der Waals surface area contributed by atoms with Crippen molar-refractivity contribution in [1.82, 2.24) is 10.3 Å². The molecule has 1 aromatic heterocycles.